The number of allylic oxidation sites excluding steroid dienone is 9. The van der Waals surface area contributed by atoms with Gasteiger partial charge in [-0.15, -0.1) is 0 Å². The molecule has 0 bridgehead atoms. The molecule has 0 aromatic carbocycles. The maximum absolute atomic E-state index is 12.1. The summed E-state index contributed by atoms with van der Waals surface area (Å²) >= 11 is 0. The van der Waals surface area contributed by atoms with Crippen molar-refractivity contribution < 1.29 is 9.59 Å². The first-order chi connectivity index (χ1) is 11.6. The summed E-state index contributed by atoms with van der Waals surface area (Å²) in [4.78, 5) is 31.2. The highest BCUT2D eigenvalue weighted by Crippen LogP contribution is 2.14. The standard InChI is InChI=1S/C18H16N2O2.C2H6/c1-3-4-9-13(2)12-16-19-14-10-7-5-6-8-11-15(21)18(22)17(14)20-16;1-2/h3-11H,1-2,12H2,(H,19,20);1-2H3/b6-5-,9-4-,10-7+,11-8+;. The molecule has 1 aliphatic rings. The number of aromatic amines is 1. The second-order valence-corrected chi connectivity index (χ2v) is 4.67. The van der Waals surface area contributed by atoms with E-state index in [0.29, 0.717) is 17.9 Å². The zero-order valence-electron chi connectivity index (χ0n) is 14.1. The lowest BCUT2D eigenvalue weighted by atomic mass is 10.1. The first-order valence-electron chi connectivity index (χ1n) is 7.77. The van der Waals surface area contributed by atoms with Gasteiger partial charge in [0.05, 0.1) is 5.69 Å². The number of nitrogens with zero attached hydrogens (tertiary/aromatic N) is 1. The Morgan fingerprint density at radius 3 is 2.50 bits per heavy atom. The van der Waals surface area contributed by atoms with E-state index < -0.39 is 11.6 Å². The van der Waals surface area contributed by atoms with E-state index in [1.807, 2.05) is 19.9 Å². The summed E-state index contributed by atoms with van der Waals surface area (Å²) in [6, 6.07) is 0. The summed E-state index contributed by atoms with van der Waals surface area (Å²) in [6.07, 6.45) is 15.4. The van der Waals surface area contributed by atoms with Gasteiger partial charge < -0.3 is 4.98 Å². The first-order valence-corrected chi connectivity index (χ1v) is 7.77. The van der Waals surface area contributed by atoms with Crippen molar-refractivity contribution in [3.05, 3.63) is 84.6 Å². The molecule has 0 spiro atoms. The van der Waals surface area contributed by atoms with Crippen molar-refractivity contribution in [1.29, 1.82) is 0 Å². The fourth-order valence-corrected chi connectivity index (χ4v) is 1.91. The van der Waals surface area contributed by atoms with Crippen LogP contribution in [0.5, 0.6) is 0 Å². The predicted octanol–water partition coefficient (Wildman–Crippen LogP) is 4.17. The molecule has 24 heavy (non-hydrogen) atoms. The highest BCUT2D eigenvalue weighted by atomic mass is 16.2. The third kappa shape index (κ3) is 5.32. The van der Waals surface area contributed by atoms with Crippen molar-refractivity contribution in [3.8, 4) is 0 Å². The Balaban J connectivity index is 0.00000139. The molecule has 4 nitrogen and oxygen atoms in total. The van der Waals surface area contributed by atoms with Gasteiger partial charge in [-0.1, -0.05) is 69.5 Å². The van der Waals surface area contributed by atoms with Crippen molar-refractivity contribution in [2.45, 2.75) is 20.3 Å². The Hall–Kier alpha value is -3.01. The maximum atomic E-state index is 12.1. The SMILES string of the molecule is C=C/C=C\C(=C)Cc1nc2c([nH]1)/C=C/C=C\C=C\C(=O)C2=O.CC. The van der Waals surface area contributed by atoms with Crippen molar-refractivity contribution in [2.75, 3.05) is 0 Å². The number of ketones is 2. The number of nitrogens with one attached hydrogen (secondary N) is 1. The molecule has 0 amide bonds. The van der Waals surface area contributed by atoms with E-state index in [-0.39, 0.29) is 5.69 Å². The van der Waals surface area contributed by atoms with Gasteiger partial charge in [0.1, 0.15) is 11.5 Å². The second kappa shape index (κ2) is 9.90. The number of rotatable bonds is 4. The summed E-state index contributed by atoms with van der Waals surface area (Å²) in [6.45, 7) is 11.5. The van der Waals surface area contributed by atoms with E-state index in [4.69, 9.17) is 0 Å². The van der Waals surface area contributed by atoms with Crippen LogP contribution in [0.15, 0.2) is 67.3 Å². The Bertz CT molecular complexity index is 744. The molecule has 1 aromatic rings. The number of hydrogen-bond donors (Lipinski definition) is 1. The molecule has 0 saturated carbocycles. The summed E-state index contributed by atoms with van der Waals surface area (Å²) in [7, 11) is 0. The van der Waals surface area contributed by atoms with Crippen molar-refractivity contribution >= 4 is 17.6 Å². The highest BCUT2D eigenvalue weighted by molar-refractivity contribution is 6.47. The number of H-pyrrole nitrogens is 1. The second-order valence-electron chi connectivity index (χ2n) is 4.67. The molecule has 2 rings (SSSR count). The van der Waals surface area contributed by atoms with Crippen LogP contribution in [-0.4, -0.2) is 21.5 Å². The molecule has 0 saturated heterocycles. The van der Waals surface area contributed by atoms with Gasteiger partial charge in [0.2, 0.25) is 5.78 Å². The van der Waals surface area contributed by atoms with Crippen LogP contribution in [0.25, 0.3) is 6.08 Å². The molecule has 0 radical (unpaired) electrons. The van der Waals surface area contributed by atoms with Crippen LogP contribution in [0.2, 0.25) is 0 Å². The third-order valence-electron chi connectivity index (χ3n) is 2.93. The molecule has 1 aliphatic carbocycles. The van der Waals surface area contributed by atoms with Gasteiger partial charge in [0, 0.05) is 6.42 Å². The van der Waals surface area contributed by atoms with Gasteiger partial charge in [-0.3, -0.25) is 9.59 Å². The largest absolute Gasteiger partial charge is 0.342 e. The lowest BCUT2D eigenvalue weighted by Gasteiger charge is -1.95. The normalized spacial score (nSPS) is 17.4. The number of hydrogen-bond acceptors (Lipinski definition) is 3. The fourth-order valence-electron chi connectivity index (χ4n) is 1.91. The molecule has 124 valence electrons. The smallest absolute Gasteiger partial charge is 0.253 e. The zero-order valence-corrected chi connectivity index (χ0v) is 14.1. The summed E-state index contributed by atoms with van der Waals surface area (Å²) in [5, 5.41) is 0. The lowest BCUT2D eigenvalue weighted by molar-refractivity contribution is -0.111. The van der Waals surface area contributed by atoms with Crippen LogP contribution in [0, 0.1) is 0 Å². The number of imidazole rings is 1. The van der Waals surface area contributed by atoms with Gasteiger partial charge in [-0.25, -0.2) is 4.98 Å². The molecular formula is C20H22N2O2. The minimum atomic E-state index is -0.624. The number of Topliss-reactive ketones (excluding diaryl/α,β-unsaturated/α-hetero) is 1. The Labute approximate surface area is 142 Å². The van der Waals surface area contributed by atoms with Crippen LogP contribution in [0.1, 0.15) is 35.9 Å². The van der Waals surface area contributed by atoms with Crippen molar-refractivity contribution in [2.24, 2.45) is 0 Å². The Morgan fingerprint density at radius 1 is 1.17 bits per heavy atom. The van der Waals surface area contributed by atoms with Crippen LogP contribution < -0.4 is 0 Å². The quantitative estimate of drug-likeness (QED) is 0.668. The summed E-state index contributed by atoms with van der Waals surface area (Å²) in [5.74, 6) is -0.632. The van der Waals surface area contributed by atoms with E-state index >= 15 is 0 Å². The maximum Gasteiger partial charge on any atom is 0.253 e. The molecular weight excluding hydrogens is 300 g/mol. The Morgan fingerprint density at radius 2 is 1.83 bits per heavy atom. The molecule has 1 aromatic heterocycles. The number of aromatic nitrogens is 2. The lowest BCUT2D eigenvalue weighted by Crippen LogP contribution is -2.13. The Kier molecular flexibility index (Phi) is 7.85. The molecule has 0 aliphatic heterocycles. The van der Waals surface area contributed by atoms with Crippen LogP contribution in [0.3, 0.4) is 0 Å². The van der Waals surface area contributed by atoms with E-state index in [0.717, 1.165) is 5.57 Å². The van der Waals surface area contributed by atoms with E-state index in [2.05, 4.69) is 23.1 Å². The van der Waals surface area contributed by atoms with Gasteiger partial charge in [0.15, 0.2) is 0 Å². The highest BCUT2D eigenvalue weighted by Gasteiger charge is 2.21. The average Bonchev–Trinajstić information content (AvgIpc) is 2.99. The van der Waals surface area contributed by atoms with E-state index in [9.17, 15) is 9.59 Å². The summed E-state index contributed by atoms with van der Waals surface area (Å²) in [5.41, 5.74) is 1.48. The van der Waals surface area contributed by atoms with Gasteiger partial charge in [-0.2, -0.15) is 0 Å². The van der Waals surface area contributed by atoms with Gasteiger partial charge in [0.25, 0.3) is 5.78 Å². The monoisotopic (exact) mass is 322 g/mol. The molecule has 0 atom stereocenters. The van der Waals surface area contributed by atoms with Crippen molar-refractivity contribution in [1.82, 2.24) is 9.97 Å². The number of fused-ring (bicyclic) bond motifs is 1. The van der Waals surface area contributed by atoms with Crippen LogP contribution in [0.4, 0.5) is 0 Å². The average molecular weight is 322 g/mol. The molecule has 1 heterocycles. The van der Waals surface area contributed by atoms with Crippen LogP contribution in [-0.2, 0) is 11.2 Å². The summed E-state index contributed by atoms with van der Waals surface area (Å²) < 4.78 is 0. The molecule has 0 unspecified atom stereocenters. The predicted molar refractivity (Wildman–Crippen MR) is 98.8 cm³/mol. The van der Waals surface area contributed by atoms with Crippen molar-refractivity contribution in [3.63, 3.8) is 0 Å². The van der Waals surface area contributed by atoms with Gasteiger partial charge in [-0.05, 0) is 17.7 Å². The number of carbonyl (C=O) groups is 2. The van der Waals surface area contributed by atoms with Crippen LogP contribution >= 0.6 is 0 Å². The number of carbonyl (C=O) groups excluding carboxylic acids is 2. The molecule has 4 heteroatoms. The third-order valence-corrected chi connectivity index (χ3v) is 2.93. The minimum absolute atomic E-state index is 0.136. The van der Waals surface area contributed by atoms with E-state index in [1.54, 1.807) is 36.5 Å². The van der Waals surface area contributed by atoms with Gasteiger partial charge >= 0.3 is 0 Å². The molecule has 0 fully saturated rings. The fraction of sp³-hybridized carbons (Fsp3) is 0.150. The zero-order chi connectivity index (χ0) is 17.9. The van der Waals surface area contributed by atoms with E-state index in [1.165, 1.54) is 12.2 Å². The topological polar surface area (TPSA) is 62.8 Å². The minimum Gasteiger partial charge on any atom is -0.342 e. The first kappa shape index (κ1) is 19.0. The molecule has 1 N–H and O–H groups in total.